The van der Waals surface area contributed by atoms with E-state index in [0.717, 1.165) is 5.56 Å². The molecule has 2 rings (SSSR count). The molecule has 110 valence electrons. The average molecular weight is 280 g/mol. The molecule has 1 aliphatic rings. The van der Waals surface area contributed by atoms with Crippen molar-refractivity contribution in [3.8, 4) is 0 Å². The summed E-state index contributed by atoms with van der Waals surface area (Å²) in [5, 5.41) is 0. The van der Waals surface area contributed by atoms with Gasteiger partial charge in [-0.3, -0.25) is 0 Å². The zero-order valence-electron chi connectivity index (χ0n) is 12.1. The Morgan fingerprint density at radius 2 is 1.90 bits per heavy atom. The first kappa shape index (κ1) is 14.8. The van der Waals surface area contributed by atoms with Crippen LogP contribution in [0.15, 0.2) is 24.3 Å². The van der Waals surface area contributed by atoms with Crippen LogP contribution >= 0.6 is 0 Å². The van der Waals surface area contributed by atoms with E-state index < -0.39 is 5.60 Å². The van der Waals surface area contributed by atoms with Crippen molar-refractivity contribution in [3.05, 3.63) is 35.6 Å². The van der Waals surface area contributed by atoms with Crippen molar-refractivity contribution in [3.63, 3.8) is 0 Å². The molecule has 0 radical (unpaired) electrons. The quantitative estimate of drug-likeness (QED) is 0.906. The van der Waals surface area contributed by atoms with E-state index in [2.05, 4.69) is 0 Å². The van der Waals surface area contributed by atoms with Gasteiger partial charge in [-0.15, -0.1) is 0 Å². The Kier molecular flexibility index (Phi) is 3.99. The van der Waals surface area contributed by atoms with Crippen LogP contribution in [0.2, 0.25) is 0 Å². The van der Waals surface area contributed by atoms with E-state index in [1.54, 1.807) is 17.0 Å². The van der Waals surface area contributed by atoms with Crippen LogP contribution in [0.25, 0.3) is 0 Å². The maximum atomic E-state index is 12.9. The molecule has 2 N–H and O–H groups in total. The summed E-state index contributed by atoms with van der Waals surface area (Å²) in [5.41, 5.74) is 6.54. The third-order valence-electron chi connectivity index (χ3n) is 3.32. The molecule has 0 bridgehead atoms. The van der Waals surface area contributed by atoms with Crippen molar-refractivity contribution >= 4 is 6.09 Å². The lowest BCUT2D eigenvalue weighted by Gasteiger charge is -2.42. The van der Waals surface area contributed by atoms with E-state index in [-0.39, 0.29) is 23.9 Å². The van der Waals surface area contributed by atoms with Gasteiger partial charge in [0.25, 0.3) is 0 Å². The first-order chi connectivity index (χ1) is 9.26. The number of carbonyl (C=O) groups is 1. The molecule has 1 atom stereocenters. The molecule has 1 aliphatic heterocycles. The number of hydrogen-bond acceptors (Lipinski definition) is 3. The first-order valence-electron chi connectivity index (χ1n) is 6.75. The minimum absolute atomic E-state index is 0.186. The highest BCUT2D eigenvalue weighted by Crippen LogP contribution is 2.29. The van der Waals surface area contributed by atoms with Gasteiger partial charge >= 0.3 is 6.09 Å². The van der Waals surface area contributed by atoms with Gasteiger partial charge in [-0.25, -0.2) is 9.18 Å². The minimum Gasteiger partial charge on any atom is -0.444 e. The molecule has 1 amide bonds. The average Bonchev–Trinajstić information content (AvgIpc) is 2.25. The van der Waals surface area contributed by atoms with Crippen molar-refractivity contribution in [1.82, 2.24) is 4.90 Å². The van der Waals surface area contributed by atoms with Crippen molar-refractivity contribution in [2.24, 2.45) is 11.7 Å². The summed E-state index contributed by atoms with van der Waals surface area (Å²) in [6.45, 7) is 6.67. The standard InChI is InChI=1S/C15H21FN2O2/c1-15(2,3)20-14(19)18-8-11(9-18)13(17)10-4-6-12(16)7-5-10/h4-7,11,13H,8-9,17H2,1-3H3/t13-/m0/s1. The van der Waals surface area contributed by atoms with Gasteiger partial charge < -0.3 is 15.4 Å². The lowest BCUT2D eigenvalue weighted by molar-refractivity contribution is -0.00477. The number of nitrogens with zero attached hydrogens (tertiary/aromatic N) is 1. The van der Waals surface area contributed by atoms with Crippen LogP contribution in [0, 0.1) is 11.7 Å². The lowest BCUT2D eigenvalue weighted by Crippen LogP contribution is -2.54. The second kappa shape index (κ2) is 5.40. The molecule has 1 aromatic carbocycles. The summed E-state index contributed by atoms with van der Waals surface area (Å²) in [4.78, 5) is 13.4. The van der Waals surface area contributed by atoms with Crippen LogP contribution in [0.1, 0.15) is 32.4 Å². The molecule has 0 unspecified atom stereocenters. The molecule has 0 aromatic heterocycles. The fraction of sp³-hybridized carbons (Fsp3) is 0.533. The van der Waals surface area contributed by atoms with Crippen LogP contribution < -0.4 is 5.73 Å². The number of carbonyl (C=O) groups excluding carboxylic acids is 1. The Bertz CT molecular complexity index is 476. The van der Waals surface area contributed by atoms with Gasteiger partial charge in [0.05, 0.1) is 0 Å². The molecule has 0 saturated carbocycles. The number of rotatable bonds is 2. The second-order valence-corrected chi connectivity index (χ2v) is 6.22. The van der Waals surface area contributed by atoms with Crippen molar-refractivity contribution in [2.45, 2.75) is 32.4 Å². The first-order valence-corrected chi connectivity index (χ1v) is 6.75. The molecular weight excluding hydrogens is 259 g/mol. The summed E-state index contributed by atoms with van der Waals surface area (Å²) >= 11 is 0. The van der Waals surface area contributed by atoms with Crippen LogP contribution in [-0.4, -0.2) is 29.7 Å². The monoisotopic (exact) mass is 280 g/mol. The number of hydrogen-bond donors (Lipinski definition) is 1. The van der Waals surface area contributed by atoms with E-state index in [9.17, 15) is 9.18 Å². The Labute approximate surface area is 118 Å². The van der Waals surface area contributed by atoms with Crippen LogP contribution in [0.4, 0.5) is 9.18 Å². The Balaban J connectivity index is 1.87. The molecule has 1 aromatic rings. The fourth-order valence-electron chi connectivity index (χ4n) is 2.17. The van der Waals surface area contributed by atoms with Crippen LogP contribution in [-0.2, 0) is 4.74 Å². The van der Waals surface area contributed by atoms with Crippen LogP contribution in [0.3, 0.4) is 0 Å². The maximum Gasteiger partial charge on any atom is 0.410 e. The molecule has 0 aliphatic carbocycles. The van der Waals surface area contributed by atoms with Gasteiger partial charge in [-0.1, -0.05) is 12.1 Å². The Hall–Kier alpha value is -1.62. The van der Waals surface area contributed by atoms with Crippen molar-refractivity contribution < 1.29 is 13.9 Å². The predicted molar refractivity (Wildman–Crippen MR) is 74.6 cm³/mol. The number of halogens is 1. The summed E-state index contributed by atoms with van der Waals surface area (Å²) in [6, 6.07) is 6.00. The van der Waals surface area contributed by atoms with Gasteiger partial charge in [0, 0.05) is 25.0 Å². The number of amides is 1. The zero-order valence-corrected chi connectivity index (χ0v) is 12.1. The normalized spacial score (nSPS) is 17.6. The summed E-state index contributed by atoms with van der Waals surface area (Å²) in [7, 11) is 0. The van der Waals surface area contributed by atoms with Crippen LogP contribution in [0.5, 0.6) is 0 Å². The highest BCUT2D eigenvalue weighted by atomic mass is 19.1. The van der Waals surface area contributed by atoms with Crippen molar-refractivity contribution in [2.75, 3.05) is 13.1 Å². The summed E-state index contributed by atoms with van der Waals surface area (Å²) in [6.07, 6.45) is -0.306. The third-order valence-corrected chi connectivity index (χ3v) is 3.32. The number of nitrogens with two attached hydrogens (primary N) is 1. The molecule has 1 saturated heterocycles. The van der Waals surface area contributed by atoms with E-state index in [1.165, 1.54) is 12.1 Å². The van der Waals surface area contributed by atoms with E-state index in [4.69, 9.17) is 10.5 Å². The molecule has 0 spiro atoms. The highest BCUT2D eigenvalue weighted by Gasteiger charge is 2.37. The maximum absolute atomic E-state index is 12.9. The fourth-order valence-corrected chi connectivity index (χ4v) is 2.17. The minimum atomic E-state index is -0.485. The summed E-state index contributed by atoms with van der Waals surface area (Å²) < 4.78 is 18.1. The topological polar surface area (TPSA) is 55.6 Å². The predicted octanol–water partition coefficient (Wildman–Crippen LogP) is 2.69. The second-order valence-electron chi connectivity index (χ2n) is 6.22. The van der Waals surface area contributed by atoms with Crippen molar-refractivity contribution in [1.29, 1.82) is 0 Å². The largest absolute Gasteiger partial charge is 0.444 e. The molecular formula is C15H21FN2O2. The molecule has 20 heavy (non-hydrogen) atoms. The smallest absolute Gasteiger partial charge is 0.410 e. The molecule has 1 heterocycles. The van der Waals surface area contributed by atoms with E-state index in [1.807, 2.05) is 20.8 Å². The molecule has 5 heteroatoms. The van der Waals surface area contributed by atoms with E-state index >= 15 is 0 Å². The van der Waals surface area contributed by atoms with E-state index in [0.29, 0.717) is 13.1 Å². The molecule has 4 nitrogen and oxygen atoms in total. The number of likely N-dealkylation sites (tertiary alicyclic amines) is 1. The number of ether oxygens (including phenoxy) is 1. The highest BCUT2D eigenvalue weighted by molar-refractivity contribution is 5.69. The summed E-state index contributed by atoms with van der Waals surface area (Å²) in [5.74, 6) is -0.0853. The lowest BCUT2D eigenvalue weighted by atomic mass is 9.88. The SMILES string of the molecule is CC(C)(C)OC(=O)N1CC([C@@H](N)c2ccc(F)cc2)C1. The van der Waals surface area contributed by atoms with Gasteiger partial charge in [0.2, 0.25) is 0 Å². The number of benzene rings is 1. The Morgan fingerprint density at radius 3 is 2.40 bits per heavy atom. The van der Waals surface area contributed by atoms with Gasteiger partial charge in [-0.2, -0.15) is 0 Å². The van der Waals surface area contributed by atoms with Gasteiger partial charge in [0.15, 0.2) is 0 Å². The Morgan fingerprint density at radius 1 is 1.35 bits per heavy atom. The zero-order chi connectivity index (χ0) is 14.9. The van der Waals surface area contributed by atoms with Gasteiger partial charge in [0.1, 0.15) is 11.4 Å². The van der Waals surface area contributed by atoms with Gasteiger partial charge in [-0.05, 0) is 38.5 Å². The molecule has 1 fully saturated rings. The third kappa shape index (κ3) is 3.48.